The number of halogens is 1. The molecule has 3 nitrogen and oxygen atoms in total. The van der Waals surface area contributed by atoms with Crippen LogP contribution in [0.1, 0.15) is 18.9 Å². The fourth-order valence-electron chi connectivity index (χ4n) is 1.29. The average molecular weight is 286 g/mol. The zero-order chi connectivity index (χ0) is 12.0. The Morgan fingerprint density at radius 1 is 1.50 bits per heavy atom. The van der Waals surface area contributed by atoms with E-state index < -0.39 is 0 Å². The maximum atomic E-state index is 11.5. The van der Waals surface area contributed by atoms with Crippen molar-refractivity contribution in [2.75, 3.05) is 18.5 Å². The van der Waals surface area contributed by atoms with Gasteiger partial charge < -0.3 is 10.1 Å². The molecule has 16 heavy (non-hydrogen) atoms. The lowest BCUT2D eigenvalue weighted by Gasteiger charge is -2.08. The second-order valence-electron chi connectivity index (χ2n) is 3.45. The van der Waals surface area contributed by atoms with E-state index in [1.165, 1.54) is 0 Å². The molecule has 0 saturated carbocycles. The Labute approximate surface area is 104 Å². The summed E-state index contributed by atoms with van der Waals surface area (Å²) in [5, 5.41) is 2.86. The molecule has 4 heteroatoms. The number of hydrogen-bond donors (Lipinski definition) is 1. The molecule has 1 aromatic carbocycles. The summed E-state index contributed by atoms with van der Waals surface area (Å²) in [5.41, 5.74) is 1.89. The van der Waals surface area contributed by atoms with Gasteiger partial charge in [-0.25, -0.2) is 0 Å². The van der Waals surface area contributed by atoms with Crippen molar-refractivity contribution in [3.63, 3.8) is 0 Å². The summed E-state index contributed by atoms with van der Waals surface area (Å²) >= 11 is 3.38. The van der Waals surface area contributed by atoms with Gasteiger partial charge in [0, 0.05) is 16.8 Å². The number of carbonyl (C=O) groups excluding carboxylic acids is 1. The number of ether oxygens (including phenoxy) is 1. The second kappa shape index (κ2) is 6.66. The normalized spacial score (nSPS) is 10.2. The van der Waals surface area contributed by atoms with E-state index in [0.29, 0.717) is 19.6 Å². The number of rotatable bonds is 5. The second-order valence-corrected chi connectivity index (χ2v) is 4.37. The standard InChI is InChI=1S/C12H16BrNO2/c1-3-16-7-6-12(15)14-11-5-4-10(13)8-9(11)2/h4-5,8H,3,6-7H2,1-2H3,(H,14,15). The van der Waals surface area contributed by atoms with Crippen LogP contribution >= 0.6 is 15.9 Å². The van der Waals surface area contributed by atoms with Crippen molar-refractivity contribution in [1.82, 2.24) is 0 Å². The lowest BCUT2D eigenvalue weighted by atomic mass is 10.2. The molecule has 1 N–H and O–H groups in total. The summed E-state index contributed by atoms with van der Waals surface area (Å²) in [5.74, 6) is -0.0149. The quantitative estimate of drug-likeness (QED) is 0.844. The van der Waals surface area contributed by atoms with E-state index in [0.717, 1.165) is 15.7 Å². The highest BCUT2D eigenvalue weighted by molar-refractivity contribution is 9.10. The number of anilines is 1. The summed E-state index contributed by atoms with van der Waals surface area (Å²) in [4.78, 5) is 11.5. The molecule has 1 rings (SSSR count). The fourth-order valence-corrected chi connectivity index (χ4v) is 1.76. The Hall–Kier alpha value is -0.870. The summed E-state index contributed by atoms with van der Waals surface area (Å²) in [6.07, 6.45) is 0.392. The Morgan fingerprint density at radius 2 is 2.25 bits per heavy atom. The van der Waals surface area contributed by atoms with Gasteiger partial charge >= 0.3 is 0 Å². The van der Waals surface area contributed by atoms with E-state index in [-0.39, 0.29) is 5.91 Å². The van der Waals surface area contributed by atoms with Crippen LogP contribution in [0, 0.1) is 6.92 Å². The first-order valence-corrected chi connectivity index (χ1v) is 6.06. The van der Waals surface area contributed by atoms with Crippen molar-refractivity contribution >= 4 is 27.5 Å². The molecule has 0 aliphatic rings. The van der Waals surface area contributed by atoms with Gasteiger partial charge in [-0.2, -0.15) is 0 Å². The maximum absolute atomic E-state index is 11.5. The van der Waals surface area contributed by atoms with E-state index in [2.05, 4.69) is 21.2 Å². The van der Waals surface area contributed by atoms with Gasteiger partial charge in [0.05, 0.1) is 13.0 Å². The lowest BCUT2D eigenvalue weighted by Crippen LogP contribution is -2.14. The third kappa shape index (κ3) is 4.33. The van der Waals surface area contributed by atoms with Crippen molar-refractivity contribution in [3.8, 4) is 0 Å². The van der Waals surface area contributed by atoms with Crippen LogP contribution in [-0.2, 0) is 9.53 Å². The summed E-state index contributed by atoms with van der Waals surface area (Å²) < 4.78 is 6.13. The monoisotopic (exact) mass is 285 g/mol. The lowest BCUT2D eigenvalue weighted by molar-refractivity contribution is -0.117. The van der Waals surface area contributed by atoms with Gasteiger partial charge in [-0.1, -0.05) is 15.9 Å². The van der Waals surface area contributed by atoms with Gasteiger partial charge in [-0.05, 0) is 37.6 Å². The Bertz CT molecular complexity index is 366. The zero-order valence-electron chi connectivity index (χ0n) is 9.55. The number of carbonyl (C=O) groups is 1. The van der Waals surface area contributed by atoms with Crippen molar-refractivity contribution in [2.45, 2.75) is 20.3 Å². The third-order valence-corrected chi connectivity index (χ3v) is 2.63. The minimum absolute atomic E-state index is 0.0149. The fraction of sp³-hybridized carbons (Fsp3) is 0.417. The molecule has 0 radical (unpaired) electrons. The maximum Gasteiger partial charge on any atom is 0.226 e. The van der Waals surface area contributed by atoms with Crippen molar-refractivity contribution in [2.24, 2.45) is 0 Å². The van der Waals surface area contributed by atoms with Crippen molar-refractivity contribution in [3.05, 3.63) is 28.2 Å². The molecule has 0 atom stereocenters. The van der Waals surface area contributed by atoms with Gasteiger partial charge in [0.15, 0.2) is 0 Å². The molecule has 0 fully saturated rings. The van der Waals surface area contributed by atoms with Crippen LogP contribution in [0.2, 0.25) is 0 Å². The summed E-state index contributed by atoms with van der Waals surface area (Å²) in [6, 6.07) is 5.77. The SMILES string of the molecule is CCOCCC(=O)Nc1ccc(Br)cc1C. The average Bonchev–Trinajstić information content (AvgIpc) is 2.23. The van der Waals surface area contributed by atoms with Crippen LogP contribution in [0.3, 0.4) is 0 Å². The van der Waals surface area contributed by atoms with Gasteiger partial charge in [-0.15, -0.1) is 0 Å². The van der Waals surface area contributed by atoms with E-state index in [9.17, 15) is 4.79 Å². The number of aryl methyl sites for hydroxylation is 1. The number of nitrogens with one attached hydrogen (secondary N) is 1. The van der Waals surface area contributed by atoms with Crippen molar-refractivity contribution in [1.29, 1.82) is 0 Å². The molecular formula is C12H16BrNO2. The topological polar surface area (TPSA) is 38.3 Å². The number of hydrogen-bond acceptors (Lipinski definition) is 2. The zero-order valence-corrected chi connectivity index (χ0v) is 11.1. The first kappa shape index (κ1) is 13.2. The molecule has 1 amide bonds. The molecule has 0 unspecified atom stereocenters. The Morgan fingerprint density at radius 3 is 2.88 bits per heavy atom. The summed E-state index contributed by atoms with van der Waals surface area (Å²) in [6.45, 7) is 4.99. The van der Waals surface area contributed by atoms with Gasteiger partial charge in [0.1, 0.15) is 0 Å². The van der Waals surface area contributed by atoms with Crippen molar-refractivity contribution < 1.29 is 9.53 Å². The minimum Gasteiger partial charge on any atom is -0.381 e. The predicted octanol–water partition coefficient (Wildman–Crippen LogP) is 3.12. The number of benzene rings is 1. The third-order valence-electron chi connectivity index (χ3n) is 2.14. The Kier molecular flexibility index (Phi) is 5.49. The largest absolute Gasteiger partial charge is 0.381 e. The highest BCUT2D eigenvalue weighted by Gasteiger charge is 2.04. The van der Waals surface area contributed by atoms with Gasteiger partial charge in [0.2, 0.25) is 5.91 Å². The minimum atomic E-state index is -0.0149. The van der Waals surface area contributed by atoms with E-state index in [1.807, 2.05) is 32.0 Å². The smallest absolute Gasteiger partial charge is 0.226 e. The van der Waals surface area contributed by atoms with Gasteiger partial charge in [-0.3, -0.25) is 4.79 Å². The van der Waals surface area contributed by atoms with Crippen LogP contribution in [-0.4, -0.2) is 19.1 Å². The first-order chi connectivity index (χ1) is 7.63. The molecule has 0 aromatic heterocycles. The summed E-state index contributed by atoms with van der Waals surface area (Å²) in [7, 11) is 0. The molecule has 0 bridgehead atoms. The molecule has 0 spiro atoms. The van der Waals surface area contributed by atoms with E-state index in [1.54, 1.807) is 0 Å². The van der Waals surface area contributed by atoms with Crippen LogP contribution in [0.25, 0.3) is 0 Å². The van der Waals surface area contributed by atoms with Crippen LogP contribution in [0.4, 0.5) is 5.69 Å². The van der Waals surface area contributed by atoms with Crippen LogP contribution in [0.5, 0.6) is 0 Å². The highest BCUT2D eigenvalue weighted by atomic mass is 79.9. The molecule has 1 aromatic rings. The van der Waals surface area contributed by atoms with E-state index in [4.69, 9.17) is 4.74 Å². The highest BCUT2D eigenvalue weighted by Crippen LogP contribution is 2.19. The molecular weight excluding hydrogens is 270 g/mol. The first-order valence-electron chi connectivity index (χ1n) is 5.27. The van der Waals surface area contributed by atoms with Crippen LogP contribution < -0.4 is 5.32 Å². The van der Waals surface area contributed by atoms with E-state index >= 15 is 0 Å². The molecule has 0 saturated heterocycles. The molecule has 88 valence electrons. The molecule has 0 heterocycles. The predicted molar refractivity (Wildman–Crippen MR) is 68.6 cm³/mol. The molecule has 0 aliphatic carbocycles. The van der Waals surface area contributed by atoms with Gasteiger partial charge in [0.25, 0.3) is 0 Å². The number of amides is 1. The molecule has 0 aliphatic heterocycles. The van der Waals surface area contributed by atoms with Crippen LogP contribution in [0.15, 0.2) is 22.7 Å². The Balaban J connectivity index is 2.49.